The van der Waals surface area contributed by atoms with Crippen LogP contribution in [-0.2, 0) is 0 Å². The van der Waals surface area contributed by atoms with E-state index in [1.54, 1.807) is 0 Å². The van der Waals surface area contributed by atoms with E-state index in [1.165, 1.54) is 0 Å². The minimum Gasteiger partial charge on any atom is -0.326 e. The molecule has 1 rings (SSSR count). The van der Waals surface area contributed by atoms with Crippen LogP contribution in [0.4, 0.5) is 0 Å². The summed E-state index contributed by atoms with van der Waals surface area (Å²) in [7, 11) is 0. The second-order valence-electron chi connectivity index (χ2n) is 2.95. The van der Waals surface area contributed by atoms with Crippen molar-refractivity contribution in [1.29, 1.82) is 0 Å². The Kier molecular flexibility index (Phi) is 2.90. The van der Waals surface area contributed by atoms with Gasteiger partial charge in [-0.15, -0.1) is 0 Å². The van der Waals surface area contributed by atoms with E-state index in [2.05, 4.69) is 12.2 Å². The molecule has 1 aliphatic carbocycles. The molecule has 0 aromatic rings. The van der Waals surface area contributed by atoms with Crippen molar-refractivity contribution in [1.82, 2.24) is 0 Å². The highest BCUT2D eigenvalue weighted by Gasteiger charge is 2.12. The Hall–Kier alpha value is -0.340. The first-order chi connectivity index (χ1) is 4.80. The predicted octanol–water partition coefficient (Wildman–Crippen LogP) is 0.771. The molecular formula is C8H16N2. The van der Waals surface area contributed by atoms with Gasteiger partial charge in [-0.05, 0) is 25.7 Å². The molecule has 10 heavy (non-hydrogen) atoms. The Bertz CT molecular complexity index is 106. The van der Waals surface area contributed by atoms with E-state index in [0.717, 1.165) is 25.7 Å². The summed E-state index contributed by atoms with van der Waals surface area (Å²) in [6.45, 7) is 0. The van der Waals surface area contributed by atoms with Crippen molar-refractivity contribution >= 4 is 0 Å². The standard InChI is InChI=1S/C8H16N2/c9-7-5-3-1-2-4-6-8(7)10/h1-2,7-8H,3-6,9-10H2/b2-1+/t7-,8?/m1/s1. The molecule has 0 aromatic heterocycles. The lowest BCUT2D eigenvalue weighted by molar-refractivity contribution is 0.468. The van der Waals surface area contributed by atoms with Crippen molar-refractivity contribution in [2.45, 2.75) is 37.8 Å². The van der Waals surface area contributed by atoms with E-state index < -0.39 is 0 Å². The lowest BCUT2D eigenvalue weighted by atomic mass is 9.97. The van der Waals surface area contributed by atoms with Crippen LogP contribution in [0, 0.1) is 0 Å². The molecular weight excluding hydrogens is 124 g/mol. The Labute approximate surface area is 62.3 Å². The van der Waals surface area contributed by atoms with Crippen LogP contribution in [0.3, 0.4) is 0 Å². The molecule has 0 fully saturated rings. The molecule has 0 aromatic carbocycles. The van der Waals surface area contributed by atoms with Crippen LogP contribution in [0.2, 0.25) is 0 Å². The summed E-state index contributed by atoms with van der Waals surface area (Å²) in [5.74, 6) is 0. The highest BCUT2D eigenvalue weighted by atomic mass is 14.8. The molecule has 0 radical (unpaired) electrons. The van der Waals surface area contributed by atoms with E-state index in [4.69, 9.17) is 11.5 Å². The largest absolute Gasteiger partial charge is 0.326 e. The topological polar surface area (TPSA) is 52.0 Å². The van der Waals surface area contributed by atoms with Gasteiger partial charge in [0.05, 0.1) is 0 Å². The molecule has 0 aliphatic heterocycles. The monoisotopic (exact) mass is 140 g/mol. The highest BCUT2D eigenvalue weighted by Crippen LogP contribution is 2.09. The molecule has 2 heteroatoms. The van der Waals surface area contributed by atoms with Gasteiger partial charge in [0.1, 0.15) is 0 Å². The van der Waals surface area contributed by atoms with Gasteiger partial charge in [-0.3, -0.25) is 0 Å². The predicted molar refractivity (Wildman–Crippen MR) is 43.6 cm³/mol. The Morgan fingerprint density at radius 1 is 0.900 bits per heavy atom. The summed E-state index contributed by atoms with van der Waals surface area (Å²) in [5, 5.41) is 0. The Balaban J connectivity index is 2.40. The summed E-state index contributed by atoms with van der Waals surface area (Å²) < 4.78 is 0. The lowest BCUT2D eigenvalue weighted by Gasteiger charge is -2.19. The van der Waals surface area contributed by atoms with Crippen LogP contribution in [0.25, 0.3) is 0 Å². The van der Waals surface area contributed by atoms with Crippen LogP contribution in [0.5, 0.6) is 0 Å². The molecule has 2 atom stereocenters. The first-order valence-electron chi connectivity index (χ1n) is 3.97. The number of rotatable bonds is 0. The van der Waals surface area contributed by atoms with Gasteiger partial charge < -0.3 is 11.5 Å². The number of allylic oxidation sites excluding steroid dienone is 2. The zero-order valence-corrected chi connectivity index (χ0v) is 6.29. The summed E-state index contributed by atoms with van der Waals surface area (Å²) in [6, 6.07) is 0.426. The molecule has 4 N–H and O–H groups in total. The van der Waals surface area contributed by atoms with E-state index in [0.29, 0.717) is 0 Å². The van der Waals surface area contributed by atoms with Crippen LogP contribution in [0.15, 0.2) is 12.2 Å². The first kappa shape index (κ1) is 7.76. The molecule has 0 saturated heterocycles. The Morgan fingerprint density at radius 2 is 1.30 bits per heavy atom. The fourth-order valence-electron chi connectivity index (χ4n) is 1.24. The van der Waals surface area contributed by atoms with Gasteiger partial charge in [0.15, 0.2) is 0 Å². The smallest absolute Gasteiger partial charge is 0.0195 e. The minimum absolute atomic E-state index is 0.213. The maximum Gasteiger partial charge on any atom is 0.0195 e. The van der Waals surface area contributed by atoms with Crippen LogP contribution in [0.1, 0.15) is 25.7 Å². The summed E-state index contributed by atoms with van der Waals surface area (Å²) in [5.41, 5.74) is 11.6. The summed E-state index contributed by atoms with van der Waals surface area (Å²) in [4.78, 5) is 0. The fraction of sp³-hybridized carbons (Fsp3) is 0.750. The van der Waals surface area contributed by atoms with E-state index >= 15 is 0 Å². The quantitative estimate of drug-likeness (QED) is 0.488. The van der Waals surface area contributed by atoms with Crippen LogP contribution in [-0.4, -0.2) is 12.1 Å². The van der Waals surface area contributed by atoms with Crippen molar-refractivity contribution in [2.24, 2.45) is 11.5 Å². The first-order valence-corrected chi connectivity index (χ1v) is 3.97. The average molecular weight is 140 g/mol. The number of hydrogen-bond acceptors (Lipinski definition) is 2. The molecule has 0 amide bonds. The third kappa shape index (κ3) is 2.12. The molecule has 0 spiro atoms. The zero-order valence-electron chi connectivity index (χ0n) is 6.29. The van der Waals surface area contributed by atoms with Crippen LogP contribution < -0.4 is 11.5 Å². The summed E-state index contributed by atoms with van der Waals surface area (Å²) in [6.07, 6.45) is 8.66. The average Bonchev–Trinajstić information content (AvgIpc) is 1.92. The minimum atomic E-state index is 0.213. The van der Waals surface area contributed by atoms with E-state index in [9.17, 15) is 0 Å². The van der Waals surface area contributed by atoms with Crippen molar-refractivity contribution in [3.63, 3.8) is 0 Å². The number of hydrogen-bond donors (Lipinski definition) is 2. The number of nitrogens with two attached hydrogens (primary N) is 2. The molecule has 2 nitrogen and oxygen atoms in total. The van der Waals surface area contributed by atoms with Gasteiger partial charge in [-0.25, -0.2) is 0 Å². The Morgan fingerprint density at radius 3 is 1.70 bits per heavy atom. The van der Waals surface area contributed by atoms with E-state index in [-0.39, 0.29) is 12.1 Å². The fourth-order valence-corrected chi connectivity index (χ4v) is 1.24. The molecule has 1 aliphatic rings. The van der Waals surface area contributed by atoms with Gasteiger partial charge >= 0.3 is 0 Å². The highest BCUT2D eigenvalue weighted by molar-refractivity contribution is 4.90. The van der Waals surface area contributed by atoms with Gasteiger partial charge in [-0.2, -0.15) is 0 Å². The second kappa shape index (κ2) is 3.74. The lowest BCUT2D eigenvalue weighted by Crippen LogP contribution is -2.41. The molecule has 0 saturated carbocycles. The summed E-state index contributed by atoms with van der Waals surface area (Å²) >= 11 is 0. The molecule has 0 heterocycles. The normalized spacial score (nSPS) is 38.2. The van der Waals surface area contributed by atoms with Gasteiger partial charge in [0.2, 0.25) is 0 Å². The van der Waals surface area contributed by atoms with Crippen molar-refractivity contribution in [2.75, 3.05) is 0 Å². The van der Waals surface area contributed by atoms with E-state index in [1.807, 2.05) is 0 Å². The maximum absolute atomic E-state index is 5.79. The second-order valence-corrected chi connectivity index (χ2v) is 2.95. The molecule has 1 unspecified atom stereocenters. The maximum atomic E-state index is 5.79. The van der Waals surface area contributed by atoms with Crippen molar-refractivity contribution in [3.05, 3.63) is 12.2 Å². The third-order valence-electron chi connectivity index (χ3n) is 2.05. The third-order valence-corrected chi connectivity index (χ3v) is 2.05. The SMILES string of the molecule is NC1CC/C=C/CC[C@H]1N. The van der Waals surface area contributed by atoms with Gasteiger partial charge in [0.25, 0.3) is 0 Å². The zero-order chi connectivity index (χ0) is 7.40. The molecule has 0 bridgehead atoms. The van der Waals surface area contributed by atoms with Crippen molar-refractivity contribution in [3.8, 4) is 0 Å². The van der Waals surface area contributed by atoms with Gasteiger partial charge in [0, 0.05) is 12.1 Å². The molecule has 58 valence electrons. The van der Waals surface area contributed by atoms with Gasteiger partial charge in [-0.1, -0.05) is 12.2 Å². The van der Waals surface area contributed by atoms with Crippen molar-refractivity contribution < 1.29 is 0 Å². The van der Waals surface area contributed by atoms with Crippen LogP contribution >= 0.6 is 0 Å².